The Labute approximate surface area is 86.7 Å². The molecule has 0 fully saturated rings. The molecule has 14 heavy (non-hydrogen) atoms. The van der Waals surface area contributed by atoms with Crippen molar-refractivity contribution in [3.8, 4) is 0 Å². The molecular weight excluding hydrogens is 168 g/mol. The summed E-state index contributed by atoms with van der Waals surface area (Å²) in [5, 5.41) is 0. The molecule has 2 unspecified atom stereocenters. The van der Waals surface area contributed by atoms with Crippen molar-refractivity contribution < 1.29 is 0 Å². The molecule has 0 aliphatic heterocycles. The van der Waals surface area contributed by atoms with E-state index in [1.54, 1.807) is 11.1 Å². The standard InChI is InChI=1S/C14H18/c1-11-7-3-5-9-13(11)14-10-6-4-8-12(14)2/h3,5-7,9-11,13H,4,8H2,1-2H3. The van der Waals surface area contributed by atoms with E-state index in [2.05, 4.69) is 50.3 Å². The van der Waals surface area contributed by atoms with Crippen LogP contribution in [0.4, 0.5) is 0 Å². The lowest BCUT2D eigenvalue weighted by Crippen LogP contribution is -2.13. The van der Waals surface area contributed by atoms with E-state index >= 15 is 0 Å². The maximum Gasteiger partial charge on any atom is 0.00807 e. The van der Waals surface area contributed by atoms with Gasteiger partial charge in [0, 0.05) is 5.92 Å². The first-order chi connectivity index (χ1) is 6.79. The molecule has 2 rings (SSSR count). The Kier molecular flexibility index (Phi) is 2.72. The van der Waals surface area contributed by atoms with Crippen LogP contribution in [-0.4, -0.2) is 0 Å². The predicted molar refractivity (Wildman–Crippen MR) is 62.0 cm³/mol. The minimum Gasteiger partial charge on any atom is -0.0839 e. The van der Waals surface area contributed by atoms with E-state index in [1.165, 1.54) is 12.8 Å². The molecule has 0 aromatic rings. The van der Waals surface area contributed by atoms with Crippen molar-refractivity contribution in [2.75, 3.05) is 0 Å². The first-order valence-electron chi connectivity index (χ1n) is 5.50. The van der Waals surface area contributed by atoms with Gasteiger partial charge in [-0.15, -0.1) is 0 Å². The van der Waals surface area contributed by atoms with Crippen LogP contribution in [0.1, 0.15) is 26.7 Å². The second-order valence-electron chi connectivity index (χ2n) is 4.33. The Hall–Kier alpha value is -1.04. The molecule has 0 aromatic heterocycles. The van der Waals surface area contributed by atoms with Gasteiger partial charge in [0.15, 0.2) is 0 Å². The fourth-order valence-corrected chi connectivity index (χ4v) is 2.30. The fraction of sp³-hybridized carbons (Fsp3) is 0.429. The molecule has 0 heterocycles. The minimum absolute atomic E-state index is 0.608. The summed E-state index contributed by atoms with van der Waals surface area (Å²) in [5.74, 6) is 1.25. The maximum absolute atomic E-state index is 2.33. The van der Waals surface area contributed by atoms with Gasteiger partial charge >= 0.3 is 0 Å². The van der Waals surface area contributed by atoms with Crippen molar-refractivity contribution in [3.63, 3.8) is 0 Å². The first-order valence-corrected chi connectivity index (χ1v) is 5.50. The van der Waals surface area contributed by atoms with Crippen LogP contribution in [0.3, 0.4) is 0 Å². The van der Waals surface area contributed by atoms with E-state index in [0.717, 1.165) is 0 Å². The molecule has 0 saturated carbocycles. The van der Waals surface area contributed by atoms with Crippen LogP contribution >= 0.6 is 0 Å². The van der Waals surface area contributed by atoms with Gasteiger partial charge in [0.2, 0.25) is 0 Å². The molecule has 0 radical (unpaired) electrons. The average Bonchev–Trinajstić information content (AvgIpc) is 2.20. The molecule has 0 heteroatoms. The molecule has 0 bridgehead atoms. The minimum atomic E-state index is 0.608. The Balaban J connectivity index is 2.26. The van der Waals surface area contributed by atoms with Crippen LogP contribution in [0.5, 0.6) is 0 Å². The SMILES string of the molecule is CC1=C(C2C=CC=CC2C)C=CCC1. The van der Waals surface area contributed by atoms with Gasteiger partial charge in [-0.1, -0.05) is 49.0 Å². The summed E-state index contributed by atoms with van der Waals surface area (Å²) >= 11 is 0. The van der Waals surface area contributed by atoms with Crippen LogP contribution in [0.2, 0.25) is 0 Å². The molecule has 2 aliphatic carbocycles. The zero-order valence-corrected chi connectivity index (χ0v) is 9.03. The van der Waals surface area contributed by atoms with E-state index < -0.39 is 0 Å². The highest BCUT2D eigenvalue weighted by Crippen LogP contribution is 2.32. The predicted octanol–water partition coefficient (Wildman–Crippen LogP) is 4.03. The van der Waals surface area contributed by atoms with Gasteiger partial charge in [-0.2, -0.15) is 0 Å². The molecule has 0 spiro atoms. The summed E-state index contributed by atoms with van der Waals surface area (Å²) in [6.07, 6.45) is 16.1. The van der Waals surface area contributed by atoms with Gasteiger partial charge < -0.3 is 0 Å². The lowest BCUT2D eigenvalue weighted by atomic mass is 9.79. The van der Waals surface area contributed by atoms with Gasteiger partial charge in [-0.05, 0) is 31.3 Å². The summed E-state index contributed by atoms with van der Waals surface area (Å²) in [5.41, 5.74) is 3.12. The average molecular weight is 186 g/mol. The van der Waals surface area contributed by atoms with Crippen LogP contribution in [-0.2, 0) is 0 Å². The molecule has 0 saturated heterocycles. The highest BCUT2D eigenvalue weighted by molar-refractivity contribution is 5.36. The van der Waals surface area contributed by atoms with Crippen LogP contribution < -0.4 is 0 Å². The summed E-state index contributed by atoms with van der Waals surface area (Å²) in [6, 6.07) is 0. The van der Waals surface area contributed by atoms with Crippen molar-refractivity contribution in [2.45, 2.75) is 26.7 Å². The van der Waals surface area contributed by atoms with E-state index in [-0.39, 0.29) is 0 Å². The highest BCUT2D eigenvalue weighted by Gasteiger charge is 2.19. The van der Waals surface area contributed by atoms with Crippen molar-refractivity contribution in [2.24, 2.45) is 11.8 Å². The summed E-state index contributed by atoms with van der Waals surface area (Å²) < 4.78 is 0. The molecular formula is C14H18. The van der Waals surface area contributed by atoms with Gasteiger partial charge in [-0.3, -0.25) is 0 Å². The zero-order chi connectivity index (χ0) is 9.97. The van der Waals surface area contributed by atoms with Gasteiger partial charge in [-0.25, -0.2) is 0 Å². The number of hydrogen-bond acceptors (Lipinski definition) is 0. The van der Waals surface area contributed by atoms with Crippen LogP contribution in [0.25, 0.3) is 0 Å². The van der Waals surface area contributed by atoms with Crippen molar-refractivity contribution in [1.29, 1.82) is 0 Å². The Morgan fingerprint density at radius 1 is 1.21 bits per heavy atom. The quantitative estimate of drug-likeness (QED) is 0.580. The maximum atomic E-state index is 2.33. The third kappa shape index (κ3) is 1.75. The summed E-state index contributed by atoms with van der Waals surface area (Å²) in [7, 11) is 0. The van der Waals surface area contributed by atoms with E-state index in [4.69, 9.17) is 0 Å². The molecule has 0 aromatic carbocycles. The molecule has 0 amide bonds. The number of rotatable bonds is 1. The lowest BCUT2D eigenvalue weighted by Gasteiger charge is -2.25. The highest BCUT2D eigenvalue weighted by atomic mass is 14.2. The summed E-state index contributed by atoms with van der Waals surface area (Å²) in [4.78, 5) is 0. The Morgan fingerprint density at radius 3 is 2.71 bits per heavy atom. The third-order valence-electron chi connectivity index (χ3n) is 3.25. The topological polar surface area (TPSA) is 0 Å². The zero-order valence-electron chi connectivity index (χ0n) is 9.03. The lowest BCUT2D eigenvalue weighted by molar-refractivity contribution is 0.576. The van der Waals surface area contributed by atoms with Gasteiger partial charge in [0.05, 0.1) is 0 Å². The van der Waals surface area contributed by atoms with Crippen molar-refractivity contribution in [3.05, 3.63) is 47.6 Å². The molecule has 0 nitrogen and oxygen atoms in total. The molecule has 0 N–H and O–H groups in total. The van der Waals surface area contributed by atoms with E-state index in [0.29, 0.717) is 11.8 Å². The third-order valence-corrected chi connectivity index (χ3v) is 3.25. The van der Waals surface area contributed by atoms with Crippen LogP contribution in [0.15, 0.2) is 47.6 Å². The van der Waals surface area contributed by atoms with Crippen molar-refractivity contribution in [1.82, 2.24) is 0 Å². The van der Waals surface area contributed by atoms with Crippen molar-refractivity contribution >= 4 is 0 Å². The smallest absolute Gasteiger partial charge is 0.00807 e. The summed E-state index contributed by atoms with van der Waals surface area (Å²) in [6.45, 7) is 4.57. The van der Waals surface area contributed by atoms with E-state index in [9.17, 15) is 0 Å². The van der Waals surface area contributed by atoms with E-state index in [1.807, 2.05) is 0 Å². The number of allylic oxidation sites excluding steroid dienone is 8. The Bertz CT molecular complexity index is 326. The Morgan fingerprint density at radius 2 is 2.00 bits per heavy atom. The monoisotopic (exact) mass is 186 g/mol. The fourth-order valence-electron chi connectivity index (χ4n) is 2.30. The normalized spacial score (nSPS) is 31.3. The van der Waals surface area contributed by atoms with Crippen LogP contribution in [0, 0.1) is 11.8 Å². The molecule has 2 atom stereocenters. The molecule has 2 aliphatic rings. The second kappa shape index (κ2) is 4.00. The largest absolute Gasteiger partial charge is 0.0839 e. The molecule has 74 valence electrons. The van der Waals surface area contributed by atoms with Gasteiger partial charge in [0.25, 0.3) is 0 Å². The number of hydrogen-bond donors (Lipinski definition) is 0. The second-order valence-corrected chi connectivity index (χ2v) is 4.33. The van der Waals surface area contributed by atoms with Gasteiger partial charge in [0.1, 0.15) is 0 Å². The first kappa shape index (κ1) is 9.51.